The molecule has 0 fully saturated rings. The summed E-state index contributed by atoms with van der Waals surface area (Å²) in [5.41, 5.74) is -0.306. The van der Waals surface area contributed by atoms with E-state index >= 15 is 0 Å². The first kappa shape index (κ1) is 17.0. The van der Waals surface area contributed by atoms with E-state index in [9.17, 15) is 13.2 Å². The van der Waals surface area contributed by atoms with Crippen LogP contribution in [0.3, 0.4) is 0 Å². The number of H-pyrrole nitrogens is 1. The number of halogens is 4. The Bertz CT molecular complexity index is 723. The van der Waals surface area contributed by atoms with Crippen LogP contribution in [-0.2, 0) is 0 Å². The van der Waals surface area contributed by atoms with Crippen molar-refractivity contribution in [3.8, 4) is 11.4 Å². The third kappa shape index (κ3) is 2.56. The van der Waals surface area contributed by atoms with Crippen molar-refractivity contribution < 1.29 is 13.2 Å². The summed E-state index contributed by atoms with van der Waals surface area (Å²) in [5, 5.41) is 5.64. The van der Waals surface area contributed by atoms with Gasteiger partial charge in [-0.15, -0.1) is 0 Å². The van der Waals surface area contributed by atoms with Gasteiger partial charge in [-0.05, 0) is 5.04 Å². The Kier molecular flexibility index (Phi) is 4.16. The fourth-order valence-corrected chi connectivity index (χ4v) is 4.29. The fraction of sp³-hybridized carbons (Fsp3) is 0.429. The molecule has 2 rings (SSSR count). The minimum atomic E-state index is -2.67. The van der Waals surface area contributed by atoms with Gasteiger partial charge in [0.15, 0.2) is 11.6 Å². The first-order valence-electron chi connectivity index (χ1n) is 6.72. The molecule has 8 heteroatoms. The van der Waals surface area contributed by atoms with Crippen molar-refractivity contribution in [3.05, 3.63) is 28.8 Å². The summed E-state index contributed by atoms with van der Waals surface area (Å²) in [6.07, 6.45) is 1.26. The van der Waals surface area contributed by atoms with Gasteiger partial charge in [-0.1, -0.05) is 45.5 Å². The van der Waals surface area contributed by atoms with Crippen LogP contribution in [-0.4, -0.2) is 23.3 Å². The SMILES string of the molecule is CC(C)(C)[Si](C)(C)c1c(F)c(F)nc(-c2[nH]ncc2Cl)c1F. The lowest BCUT2D eigenvalue weighted by atomic mass is 10.2. The Morgan fingerprint density at radius 3 is 2.18 bits per heavy atom. The lowest BCUT2D eigenvalue weighted by Gasteiger charge is -2.37. The second-order valence-corrected chi connectivity index (χ2v) is 12.4. The second kappa shape index (κ2) is 5.38. The second-order valence-electron chi connectivity index (χ2n) is 6.72. The number of hydrogen-bond acceptors (Lipinski definition) is 2. The van der Waals surface area contributed by atoms with E-state index in [2.05, 4.69) is 15.2 Å². The monoisotopic (exact) mass is 347 g/mol. The molecule has 0 unspecified atom stereocenters. The van der Waals surface area contributed by atoms with Crippen molar-refractivity contribution in [1.29, 1.82) is 0 Å². The maximum Gasteiger partial charge on any atom is 0.249 e. The molecule has 2 aromatic heterocycles. The van der Waals surface area contributed by atoms with Crippen LogP contribution in [0.25, 0.3) is 11.4 Å². The normalized spacial score (nSPS) is 12.8. The number of nitrogens with one attached hydrogen (secondary N) is 1. The molecule has 0 saturated heterocycles. The van der Waals surface area contributed by atoms with Crippen molar-refractivity contribution in [3.63, 3.8) is 0 Å². The van der Waals surface area contributed by atoms with Gasteiger partial charge >= 0.3 is 0 Å². The van der Waals surface area contributed by atoms with Gasteiger partial charge in [0.05, 0.1) is 19.3 Å². The van der Waals surface area contributed by atoms with E-state index in [1.165, 1.54) is 6.20 Å². The lowest BCUT2D eigenvalue weighted by Crippen LogP contribution is -2.53. The van der Waals surface area contributed by atoms with E-state index in [4.69, 9.17) is 11.6 Å². The first-order chi connectivity index (χ1) is 9.98. The summed E-state index contributed by atoms with van der Waals surface area (Å²) in [6, 6.07) is 0. The largest absolute Gasteiger partial charge is 0.275 e. The Hall–Kier alpha value is -1.34. The van der Waals surface area contributed by atoms with Crippen LogP contribution in [0.2, 0.25) is 23.2 Å². The lowest BCUT2D eigenvalue weighted by molar-refractivity contribution is 0.472. The standard InChI is InChI=1S/C14H17ClF3N3Si/c1-14(2,3)22(4,5)12-8(16)11(20-13(18)9(12)17)10-7(15)6-19-21-10/h6H,1-5H3,(H,19,21). The van der Waals surface area contributed by atoms with Crippen LogP contribution in [0, 0.1) is 17.6 Å². The highest BCUT2D eigenvalue weighted by Gasteiger charge is 2.43. The number of nitrogens with zero attached hydrogens (tertiary/aromatic N) is 2. The van der Waals surface area contributed by atoms with Gasteiger partial charge in [-0.3, -0.25) is 5.10 Å². The zero-order chi connectivity index (χ0) is 16.9. The van der Waals surface area contributed by atoms with Crippen LogP contribution >= 0.6 is 11.6 Å². The fourth-order valence-electron chi connectivity index (χ4n) is 2.04. The van der Waals surface area contributed by atoms with Crippen molar-refractivity contribution in [2.75, 3.05) is 0 Å². The Morgan fingerprint density at radius 1 is 1.14 bits per heavy atom. The summed E-state index contributed by atoms with van der Waals surface area (Å²) < 4.78 is 43.2. The van der Waals surface area contributed by atoms with E-state index in [-0.39, 0.29) is 26.6 Å². The molecule has 0 bridgehead atoms. The Morgan fingerprint density at radius 2 is 1.73 bits per heavy atom. The average molecular weight is 348 g/mol. The van der Waals surface area contributed by atoms with Gasteiger partial charge in [0.25, 0.3) is 0 Å². The molecule has 0 aromatic carbocycles. The van der Waals surface area contributed by atoms with E-state index in [0.717, 1.165) is 0 Å². The summed E-state index contributed by atoms with van der Waals surface area (Å²) >= 11 is 5.89. The predicted molar refractivity (Wildman–Crippen MR) is 83.5 cm³/mol. The number of hydrogen-bond donors (Lipinski definition) is 1. The van der Waals surface area contributed by atoms with Crippen LogP contribution in [0.1, 0.15) is 20.8 Å². The Balaban J connectivity index is 2.82. The molecule has 1 N–H and O–H groups in total. The molecule has 0 amide bonds. The predicted octanol–water partition coefficient (Wildman–Crippen LogP) is 4.26. The van der Waals surface area contributed by atoms with Gasteiger partial charge < -0.3 is 0 Å². The molecule has 2 heterocycles. The van der Waals surface area contributed by atoms with Crippen molar-refractivity contribution in [2.24, 2.45) is 0 Å². The summed E-state index contributed by atoms with van der Waals surface area (Å²) in [7, 11) is -2.67. The molecule has 0 aliphatic rings. The van der Waals surface area contributed by atoms with Gasteiger partial charge in [-0.25, -0.2) is 13.8 Å². The molecule has 0 aliphatic carbocycles. The summed E-state index contributed by atoms with van der Waals surface area (Å²) in [5.74, 6) is -3.43. The average Bonchev–Trinajstić information content (AvgIpc) is 2.78. The molecule has 2 aromatic rings. The third-order valence-corrected chi connectivity index (χ3v) is 10.1. The van der Waals surface area contributed by atoms with Gasteiger partial charge in [0, 0.05) is 5.19 Å². The van der Waals surface area contributed by atoms with Crippen molar-refractivity contribution in [1.82, 2.24) is 15.2 Å². The zero-order valence-corrected chi connectivity index (χ0v) is 14.7. The number of aromatic nitrogens is 3. The zero-order valence-electron chi connectivity index (χ0n) is 13.0. The number of aromatic amines is 1. The topological polar surface area (TPSA) is 41.6 Å². The highest BCUT2D eigenvalue weighted by molar-refractivity contribution is 6.92. The molecular weight excluding hydrogens is 331 g/mol. The molecule has 0 atom stereocenters. The van der Waals surface area contributed by atoms with Crippen molar-refractivity contribution >= 4 is 24.9 Å². The maximum atomic E-state index is 14.9. The van der Waals surface area contributed by atoms with E-state index in [1.54, 1.807) is 13.1 Å². The molecule has 0 spiro atoms. The van der Waals surface area contributed by atoms with Crippen LogP contribution < -0.4 is 5.19 Å². The highest BCUT2D eigenvalue weighted by Crippen LogP contribution is 2.38. The van der Waals surface area contributed by atoms with Gasteiger partial charge in [-0.2, -0.15) is 9.49 Å². The first-order valence-corrected chi connectivity index (χ1v) is 10.1. The minimum Gasteiger partial charge on any atom is -0.275 e. The number of pyridine rings is 1. The van der Waals surface area contributed by atoms with Gasteiger partial charge in [0.2, 0.25) is 5.95 Å². The minimum absolute atomic E-state index is 0.0398. The van der Waals surface area contributed by atoms with E-state index in [0.29, 0.717) is 0 Å². The Labute approximate surface area is 132 Å². The molecule has 0 saturated carbocycles. The third-order valence-electron chi connectivity index (χ3n) is 4.37. The maximum absolute atomic E-state index is 14.9. The molecule has 3 nitrogen and oxygen atoms in total. The highest BCUT2D eigenvalue weighted by atomic mass is 35.5. The van der Waals surface area contributed by atoms with Crippen LogP contribution in [0.4, 0.5) is 13.2 Å². The van der Waals surface area contributed by atoms with Gasteiger partial charge in [0.1, 0.15) is 11.4 Å². The molecule has 0 radical (unpaired) electrons. The molecule has 22 heavy (non-hydrogen) atoms. The quantitative estimate of drug-likeness (QED) is 0.651. The molecular formula is C14H17ClF3N3Si. The number of rotatable bonds is 2. The van der Waals surface area contributed by atoms with E-state index < -0.39 is 25.7 Å². The van der Waals surface area contributed by atoms with Crippen LogP contribution in [0.5, 0.6) is 0 Å². The van der Waals surface area contributed by atoms with Crippen LogP contribution in [0.15, 0.2) is 6.20 Å². The van der Waals surface area contributed by atoms with Crippen molar-refractivity contribution in [2.45, 2.75) is 38.9 Å². The molecule has 0 aliphatic heterocycles. The molecule has 120 valence electrons. The summed E-state index contributed by atoms with van der Waals surface area (Å²) in [4.78, 5) is 3.38. The van der Waals surface area contributed by atoms with E-state index in [1.807, 2.05) is 20.8 Å². The smallest absolute Gasteiger partial charge is 0.249 e. The summed E-state index contributed by atoms with van der Waals surface area (Å²) in [6.45, 7) is 9.26.